The van der Waals surface area contributed by atoms with Crippen LogP contribution < -0.4 is 15.8 Å². The lowest BCUT2D eigenvalue weighted by Crippen LogP contribution is -2.50. The topological polar surface area (TPSA) is 84.7 Å². The summed E-state index contributed by atoms with van der Waals surface area (Å²) in [5.74, 6) is 0.0801. The van der Waals surface area contributed by atoms with Crippen molar-refractivity contribution in [3.63, 3.8) is 0 Å². The van der Waals surface area contributed by atoms with E-state index in [4.69, 9.17) is 22.1 Å². The van der Waals surface area contributed by atoms with E-state index >= 15 is 0 Å². The molecule has 1 aromatic rings. The van der Waals surface area contributed by atoms with E-state index in [-0.39, 0.29) is 17.9 Å². The molecule has 2 unspecified atom stereocenters. The minimum atomic E-state index is -0.484. The van der Waals surface area contributed by atoms with Gasteiger partial charge in [0, 0.05) is 24.2 Å². The number of carbonyl (C=O) groups excluding carboxylic acids is 2. The molecule has 1 aliphatic rings. The maximum absolute atomic E-state index is 13.0. The number of halogens is 1. The first-order chi connectivity index (χ1) is 12.5. The number of unbranched alkanes of at least 4 members (excludes halogenated alkanes) is 1. The van der Waals surface area contributed by atoms with Crippen LogP contribution in [0, 0.1) is 0 Å². The Balaban J connectivity index is 2.13. The molecule has 1 aliphatic heterocycles. The Kier molecular flexibility index (Phi) is 7.72. The normalized spacial score (nSPS) is 17.8. The number of ether oxygens (including phenoxy) is 1. The van der Waals surface area contributed by atoms with Crippen LogP contribution >= 0.6 is 11.6 Å². The molecular formula is C19H28ClN3O3. The predicted molar refractivity (Wildman–Crippen MR) is 103 cm³/mol. The third kappa shape index (κ3) is 4.89. The van der Waals surface area contributed by atoms with E-state index in [1.54, 1.807) is 23.1 Å². The van der Waals surface area contributed by atoms with Crippen molar-refractivity contribution < 1.29 is 14.3 Å². The van der Waals surface area contributed by atoms with Gasteiger partial charge in [-0.15, -0.1) is 0 Å². The summed E-state index contributed by atoms with van der Waals surface area (Å²) in [5.41, 5.74) is 6.15. The van der Waals surface area contributed by atoms with Crippen LogP contribution in [-0.4, -0.2) is 49.0 Å². The van der Waals surface area contributed by atoms with Crippen LogP contribution in [0.3, 0.4) is 0 Å². The molecule has 2 rings (SSSR count). The number of nitrogens with two attached hydrogens (primary N) is 1. The minimum Gasteiger partial charge on any atom is -0.496 e. The van der Waals surface area contributed by atoms with Crippen molar-refractivity contribution in [1.29, 1.82) is 0 Å². The van der Waals surface area contributed by atoms with Crippen molar-refractivity contribution in [2.24, 2.45) is 5.73 Å². The highest BCUT2D eigenvalue weighted by Gasteiger charge is 2.36. The number of methoxy groups -OCH3 is 1. The molecule has 1 aromatic carbocycles. The Labute approximate surface area is 160 Å². The second-order valence-electron chi connectivity index (χ2n) is 6.58. The Morgan fingerprint density at radius 1 is 1.46 bits per heavy atom. The zero-order valence-corrected chi connectivity index (χ0v) is 16.2. The third-order valence-corrected chi connectivity index (χ3v) is 4.98. The van der Waals surface area contributed by atoms with E-state index in [0.717, 1.165) is 25.7 Å². The monoisotopic (exact) mass is 381 g/mol. The van der Waals surface area contributed by atoms with Gasteiger partial charge >= 0.3 is 0 Å². The van der Waals surface area contributed by atoms with E-state index in [2.05, 4.69) is 12.2 Å². The molecule has 1 fully saturated rings. The fourth-order valence-electron chi connectivity index (χ4n) is 3.28. The van der Waals surface area contributed by atoms with Crippen molar-refractivity contribution in [3.8, 4) is 5.75 Å². The zero-order chi connectivity index (χ0) is 19.1. The number of hydrogen-bond acceptors (Lipinski definition) is 4. The average molecular weight is 382 g/mol. The first kappa shape index (κ1) is 20.5. The Morgan fingerprint density at radius 2 is 2.23 bits per heavy atom. The van der Waals surface area contributed by atoms with Gasteiger partial charge in [0.25, 0.3) is 5.91 Å². The summed E-state index contributed by atoms with van der Waals surface area (Å²) in [6.07, 6.45) is 4.34. The lowest BCUT2D eigenvalue weighted by Gasteiger charge is -2.27. The highest BCUT2D eigenvalue weighted by molar-refractivity contribution is 6.31. The second kappa shape index (κ2) is 9.78. The van der Waals surface area contributed by atoms with Crippen LogP contribution in [0.2, 0.25) is 5.02 Å². The quantitative estimate of drug-likeness (QED) is 0.724. The summed E-state index contributed by atoms with van der Waals surface area (Å²) in [4.78, 5) is 27.3. The number of nitrogens with zero attached hydrogens (tertiary/aromatic N) is 1. The van der Waals surface area contributed by atoms with E-state index in [1.165, 1.54) is 7.11 Å². The van der Waals surface area contributed by atoms with Crippen molar-refractivity contribution in [1.82, 2.24) is 10.2 Å². The number of amides is 2. The number of nitrogens with one attached hydrogen (secondary N) is 1. The molecule has 0 bridgehead atoms. The summed E-state index contributed by atoms with van der Waals surface area (Å²) >= 11 is 6.04. The maximum Gasteiger partial charge on any atom is 0.258 e. The van der Waals surface area contributed by atoms with Gasteiger partial charge < -0.3 is 20.7 Å². The smallest absolute Gasteiger partial charge is 0.258 e. The number of benzene rings is 1. The Hall–Kier alpha value is -1.79. The van der Waals surface area contributed by atoms with Crippen LogP contribution in [0.15, 0.2) is 18.2 Å². The first-order valence-electron chi connectivity index (χ1n) is 9.16. The molecule has 3 N–H and O–H groups in total. The second-order valence-corrected chi connectivity index (χ2v) is 7.02. The lowest BCUT2D eigenvalue weighted by molar-refractivity contribution is -0.125. The number of carbonyl (C=O) groups is 2. The van der Waals surface area contributed by atoms with Gasteiger partial charge in [0.05, 0.1) is 12.7 Å². The Bertz CT molecular complexity index is 638. The molecule has 0 spiro atoms. The molecule has 0 saturated carbocycles. The van der Waals surface area contributed by atoms with Crippen LogP contribution in [0.1, 0.15) is 49.4 Å². The van der Waals surface area contributed by atoms with Gasteiger partial charge in [0.15, 0.2) is 0 Å². The summed E-state index contributed by atoms with van der Waals surface area (Å²) in [5, 5.41) is 3.46. The number of rotatable bonds is 8. The van der Waals surface area contributed by atoms with E-state index in [9.17, 15) is 9.59 Å². The molecule has 7 heteroatoms. The minimum absolute atomic E-state index is 0.0549. The van der Waals surface area contributed by atoms with E-state index < -0.39 is 6.04 Å². The van der Waals surface area contributed by atoms with Gasteiger partial charge in [0.2, 0.25) is 5.91 Å². The lowest BCUT2D eigenvalue weighted by atomic mass is 10.1. The van der Waals surface area contributed by atoms with Crippen LogP contribution in [0.4, 0.5) is 0 Å². The van der Waals surface area contributed by atoms with Crippen LogP contribution in [0.5, 0.6) is 5.75 Å². The van der Waals surface area contributed by atoms with E-state index in [0.29, 0.717) is 35.8 Å². The van der Waals surface area contributed by atoms with E-state index in [1.807, 2.05) is 0 Å². The molecule has 2 atom stereocenters. The Morgan fingerprint density at radius 3 is 2.88 bits per heavy atom. The van der Waals surface area contributed by atoms with Gasteiger partial charge in [-0.1, -0.05) is 31.4 Å². The van der Waals surface area contributed by atoms with Gasteiger partial charge in [-0.25, -0.2) is 0 Å². The summed E-state index contributed by atoms with van der Waals surface area (Å²) < 4.78 is 5.28. The molecule has 1 heterocycles. The standard InChI is InChI=1S/C19H28ClN3O3/c1-3-4-6-14(12-21)22-18(24)16-7-5-10-23(16)19(25)15-11-13(20)8-9-17(15)26-2/h8-9,11,14,16H,3-7,10,12,21H2,1-2H3,(H,22,24). The molecule has 0 radical (unpaired) electrons. The fraction of sp³-hybridized carbons (Fsp3) is 0.579. The molecule has 26 heavy (non-hydrogen) atoms. The zero-order valence-electron chi connectivity index (χ0n) is 15.5. The fourth-order valence-corrected chi connectivity index (χ4v) is 3.45. The number of likely N-dealkylation sites (tertiary alicyclic amines) is 1. The van der Waals surface area contributed by atoms with Gasteiger partial charge in [-0.3, -0.25) is 9.59 Å². The molecule has 2 amide bonds. The summed E-state index contributed by atoms with van der Waals surface area (Å²) in [7, 11) is 1.51. The molecule has 0 aliphatic carbocycles. The molecule has 6 nitrogen and oxygen atoms in total. The van der Waals surface area contributed by atoms with Crippen molar-refractivity contribution in [2.45, 2.75) is 51.1 Å². The summed E-state index contributed by atoms with van der Waals surface area (Å²) in [6, 6.07) is 4.38. The van der Waals surface area contributed by atoms with Crippen molar-refractivity contribution in [3.05, 3.63) is 28.8 Å². The molecule has 1 saturated heterocycles. The van der Waals surface area contributed by atoms with Crippen LogP contribution in [-0.2, 0) is 4.79 Å². The largest absolute Gasteiger partial charge is 0.496 e. The molecule has 144 valence electrons. The SMILES string of the molecule is CCCCC(CN)NC(=O)C1CCCN1C(=O)c1cc(Cl)ccc1OC. The van der Waals surface area contributed by atoms with Crippen molar-refractivity contribution in [2.75, 3.05) is 20.2 Å². The first-order valence-corrected chi connectivity index (χ1v) is 9.54. The summed E-state index contributed by atoms with van der Waals surface area (Å²) in [6.45, 7) is 3.04. The highest BCUT2D eigenvalue weighted by atomic mass is 35.5. The highest BCUT2D eigenvalue weighted by Crippen LogP contribution is 2.27. The predicted octanol–water partition coefficient (Wildman–Crippen LogP) is 2.59. The van der Waals surface area contributed by atoms with Crippen molar-refractivity contribution >= 4 is 23.4 Å². The molecule has 0 aromatic heterocycles. The average Bonchev–Trinajstić information content (AvgIpc) is 3.14. The maximum atomic E-state index is 13.0. The van der Waals surface area contributed by atoms with Gasteiger partial charge in [-0.2, -0.15) is 0 Å². The van der Waals surface area contributed by atoms with Gasteiger partial charge in [-0.05, 0) is 37.5 Å². The third-order valence-electron chi connectivity index (χ3n) is 4.75. The molecular weight excluding hydrogens is 354 g/mol. The van der Waals surface area contributed by atoms with Crippen LogP contribution in [0.25, 0.3) is 0 Å². The number of hydrogen-bond donors (Lipinski definition) is 2. The van der Waals surface area contributed by atoms with Gasteiger partial charge in [0.1, 0.15) is 11.8 Å².